The molecule has 0 unspecified atom stereocenters. The Morgan fingerprint density at radius 2 is 0.183 bits per heavy atom. The minimum Gasteiger partial charge on any atom is -0.311 e. The molecule has 0 aliphatic rings. The summed E-state index contributed by atoms with van der Waals surface area (Å²) >= 11 is 0. The average Bonchev–Trinajstić information content (AvgIpc) is 0.811. The van der Waals surface area contributed by atoms with E-state index in [9.17, 15) is 0 Å². The Morgan fingerprint density at radius 1 is 0.103 bits per heavy atom. The molecule has 0 spiro atoms. The van der Waals surface area contributed by atoms with Crippen LogP contribution in [0.15, 0.2) is 370 Å². The summed E-state index contributed by atoms with van der Waals surface area (Å²) in [6.45, 7) is 68.7. The predicted molar refractivity (Wildman–Crippen MR) is 586 cm³/mol. The number of aryl methyl sites for hydroxylation is 6. The Hall–Kier alpha value is -11.9. The quantitative estimate of drug-likeness (QED) is 0.0955. The maximum Gasteiger partial charge on any atom is 0.0463 e. The van der Waals surface area contributed by atoms with Crippen LogP contribution in [0.25, 0.3) is 11.1 Å². The van der Waals surface area contributed by atoms with Gasteiger partial charge in [0.25, 0.3) is 0 Å². The Kier molecular flexibility index (Phi) is 79.5. The topological polar surface area (TPSA) is 16.2 Å². The number of hydrogen-bond acceptors (Lipinski definition) is 5. The molecule has 14 aromatic carbocycles. The van der Waals surface area contributed by atoms with Crippen LogP contribution in [-0.2, 0) is 0 Å². The summed E-state index contributed by atoms with van der Waals surface area (Å²) in [4.78, 5) is 11.5. The van der Waals surface area contributed by atoms with E-state index in [2.05, 4.69) is 430 Å². The predicted octanol–water partition coefficient (Wildman–Crippen LogP) is 42.2. The van der Waals surface area contributed by atoms with Gasteiger partial charge in [0, 0.05) is 85.3 Å². The number of benzene rings is 14. The van der Waals surface area contributed by atoms with Crippen LogP contribution in [0.1, 0.15) is 250 Å². The number of rotatable bonds is 16. The van der Waals surface area contributed by atoms with Crippen LogP contribution in [0.2, 0.25) is 0 Å². The van der Waals surface area contributed by atoms with Gasteiger partial charge in [0.15, 0.2) is 0 Å². The lowest BCUT2D eigenvalue weighted by Gasteiger charge is -2.28. The lowest BCUT2D eigenvalue weighted by molar-refractivity contribution is 1.25. The van der Waals surface area contributed by atoms with E-state index in [0.717, 1.165) is 68.2 Å². The van der Waals surface area contributed by atoms with E-state index in [0.29, 0.717) is 0 Å². The molecule has 0 atom stereocenters. The van der Waals surface area contributed by atoms with Crippen molar-refractivity contribution in [1.29, 1.82) is 0 Å². The van der Waals surface area contributed by atoms with Gasteiger partial charge in [-0.15, -0.1) is 0 Å². The molecular formula is C121H175N5. The van der Waals surface area contributed by atoms with Crippen LogP contribution in [-0.4, -0.2) is 0 Å². The second-order valence-electron chi connectivity index (χ2n) is 24.0. The maximum atomic E-state index is 2.30. The van der Waals surface area contributed by atoms with E-state index in [4.69, 9.17) is 0 Å². The van der Waals surface area contributed by atoms with Gasteiger partial charge >= 0.3 is 0 Å². The van der Waals surface area contributed by atoms with E-state index in [1.807, 2.05) is 200 Å². The van der Waals surface area contributed by atoms with Crippen LogP contribution < -0.4 is 24.5 Å². The van der Waals surface area contributed by atoms with Crippen LogP contribution in [0.4, 0.5) is 85.3 Å². The highest BCUT2D eigenvalue weighted by atomic mass is 15.2. The second-order valence-corrected chi connectivity index (χ2v) is 24.0. The monoisotopic (exact) mass is 1700 g/mol. The largest absolute Gasteiger partial charge is 0.311 e. The number of hydrogen-bond donors (Lipinski definition) is 0. The zero-order valence-corrected chi connectivity index (χ0v) is 83.0. The lowest BCUT2D eigenvalue weighted by Crippen LogP contribution is -2.12. The van der Waals surface area contributed by atoms with Gasteiger partial charge < -0.3 is 24.5 Å². The molecule has 684 valence electrons. The van der Waals surface area contributed by atoms with Crippen molar-refractivity contribution in [2.75, 3.05) is 24.5 Å². The SMILES string of the molecule is C.C.C.CC.CC.CC.CC.CC.CC.CC.CC.CC.CC.CC.CC.CC.CC.Cc1ccc(N(c2ccccc2)c2ccc(-c3ccc(N(c4ccccc4)c4ccc(C)cc4)cc3)cc2)cc1.Cc1ccc(N(c2ccccc2)c2ccc(C)cc2)cc1.Cc1ccc(N(c2ccccc2)c2ccc(N(c3ccccc3)c3ccc(C)cc3)cc2)cc1. The fourth-order valence-corrected chi connectivity index (χ4v) is 11.6. The fourth-order valence-electron chi connectivity index (χ4n) is 11.6. The average molecular weight is 1700 g/mol. The van der Waals surface area contributed by atoms with Crippen LogP contribution >= 0.6 is 0 Å². The first kappa shape index (κ1) is 125. The molecule has 0 fully saturated rings. The normalized spacial score (nSPS) is 8.68. The van der Waals surface area contributed by atoms with Crippen molar-refractivity contribution in [2.45, 2.75) is 258 Å². The van der Waals surface area contributed by atoms with Gasteiger partial charge in [0.1, 0.15) is 0 Å². The minimum atomic E-state index is 0. The first-order chi connectivity index (χ1) is 60.6. The Balaban J connectivity index is -0.000000380. The van der Waals surface area contributed by atoms with E-state index < -0.39 is 0 Å². The molecule has 5 nitrogen and oxygen atoms in total. The summed E-state index contributed by atoms with van der Waals surface area (Å²) in [5, 5.41) is 0. The van der Waals surface area contributed by atoms with Crippen LogP contribution in [0, 0.1) is 41.5 Å². The molecule has 14 aromatic rings. The fraction of sp³-hybridized carbons (Fsp3) is 0.306. The third kappa shape index (κ3) is 41.7. The molecule has 126 heavy (non-hydrogen) atoms. The van der Waals surface area contributed by atoms with Gasteiger partial charge in [-0.05, 0) is 235 Å². The van der Waals surface area contributed by atoms with Crippen LogP contribution in [0.3, 0.4) is 0 Å². The highest BCUT2D eigenvalue weighted by molar-refractivity contribution is 5.84. The number of nitrogens with zero attached hydrogens (tertiary/aromatic N) is 5. The van der Waals surface area contributed by atoms with Crippen molar-refractivity contribution >= 4 is 85.3 Å². The van der Waals surface area contributed by atoms with Gasteiger partial charge in [-0.1, -0.05) is 438 Å². The first-order valence-electron chi connectivity index (χ1n) is 46.5. The third-order valence-electron chi connectivity index (χ3n) is 16.8. The maximum absolute atomic E-state index is 2.30. The van der Waals surface area contributed by atoms with Crippen LogP contribution in [0.5, 0.6) is 0 Å². The van der Waals surface area contributed by atoms with Gasteiger partial charge in [-0.25, -0.2) is 0 Å². The summed E-state index contributed by atoms with van der Waals surface area (Å²) < 4.78 is 0. The van der Waals surface area contributed by atoms with Gasteiger partial charge in [0.05, 0.1) is 0 Å². The van der Waals surface area contributed by atoms with E-state index >= 15 is 0 Å². The first-order valence-corrected chi connectivity index (χ1v) is 46.5. The molecule has 5 heteroatoms. The summed E-state index contributed by atoms with van der Waals surface area (Å²) in [5.74, 6) is 0. The third-order valence-corrected chi connectivity index (χ3v) is 16.8. The van der Waals surface area contributed by atoms with Gasteiger partial charge in [-0.3, -0.25) is 0 Å². The highest BCUT2D eigenvalue weighted by Crippen LogP contribution is 2.42. The molecule has 0 bridgehead atoms. The molecule has 0 aromatic heterocycles. The molecule has 0 aliphatic heterocycles. The second kappa shape index (κ2) is 80.2. The summed E-state index contributed by atoms with van der Waals surface area (Å²) in [7, 11) is 0. The van der Waals surface area contributed by atoms with E-state index in [-0.39, 0.29) is 22.3 Å². The summed E-state index contributed by atoms with van der Waals surface area (Å²) in [6.07, 6.45) is 0. The van der Waals surface area contributed by atoms with Crippen molar-refractivity contribution in [3.8, 4) is 11.1 Å². The summed E-state index contributed by atoms with van der Waals surface area (Å²) in [5.41, 5.74) is 27.1. The Labute approximate surface area is 777 Å². The number of para-hydroxylation sites is 5. The van der Waals surface area contributed by atoms with Crippen molar-refractivity contribution in [1.82, 2.24) is 0 Å². The molecule has 0 N–H and O–H groups in total. The molecule has 0 saturated carbocycles. The van der Waals surface area contributed by atoms with E-state index in [1.54, 1.807) is 0 Å². The zero-order chi connectivity index (χ0) is 93.3. The molecule has 0 aliphatic carbocycles. The molecule has 0 amide bonds. The Bertz CT molecular complexity index is 4330. The molecular weight excluding hydrogens is 1520 g/mol. The molecule has 0 heterocycles. The molecule has 0 radical (unpaired) electrons. The van der Waals surface area contributed by atoms with Gasteiger partial charge in [0.2, 0.25) is 0 Å². The standard InChI is InChI=1S/C38H32N2.C32H28N2.C20H19N.14C2H6.3CH4/c1-29-13-21-35(22-14-29)39(33-9-5-3-6-10-33)37-25-17-31(18-26-37)32-19-27-38(28-20-32)40(34-11-7-4-8-12-34)36-23-15-30(2)16-24-36;1-25-13-17-29(18-14-25)33(27-9-5-3-6-10-27)31-21-23-32(24-22-31)34(28-11-7-4-8-12-28)30-19-15-26(2)16-20-30;1-16-8-12-19(13-9-16)21(18-6-4-3-5-7-18)20-14-10-17(2)11-15-20;14*1-2;;;/h3-28H,1-2H3;3-24H,1-2H3;3-15H,1-2H3;14*1-2H3;3*1H4. The lowest BCUT2D eigenvalue weighted by atomic mass is 10.0. The Morgan fingerprint density at radius 3 is 0.286 bits per heavy atom. The molecule has 0 saturated heterocycles. The molecule has 14 rings (SSSR count). The van der Waals surface area contributed by atoms with Gasteiger partial charge in [-0.2, -0.15) is 0 Å². The zero-order valence-electron chi connectivity index (χ0n) is 83.0. The number of anilines is 15. The van der Waals surface area contributed by atoms with Crippen molar-refractivity contribution in [3.05, 3.63) is 403 Å². The smallest absolute Gasteiger partial charge is 0.0463 e. The summed E-state index contributed by atoms with van der Waals surface area (Å²) in [6, 6.07) is 131. The van der Waals surface area contributed by atoms with Crippen molar-refractivity contribution in [3.63, 3.8) is 0 Å². The minimum absolute atomic E-state index is 0. The van der Waals surface area contributed by atoms with Crippen molar-refractivity contribution < 1.29 is 0 Å². The van der Waals surface area contributed by atoms with E-state index in [1.165, 1.54) is 61.6 Å². The highest BCUT2D eigenvalue weighted by Gasteiger charge is 2.19. The van der Waals surface area contributed by atoms with Crippen molar-refractivity contribution in [2.24, 2.45) is 0 Å².